The highest BCUT2D eigenvalue weighted by Gasteiger charge is 2.29. The monoisotopic (exact) mass is 686 g/mol. The summed E-state index contributed by atoms with van der Waals surface area (Å²) in [4.78, 5) is 25.7. The van der Waals surface area contributed by atoms with Crippen LogP contribution in [0.15, 0.2) is 64.3 Å². The minimum Gasteiger partial charge on any atom is -0.422 e. The normalized spacial score (nSPS) is 13.5. The summed E-state index contributed by atoms with van der Waals surface area (Å²) in [7, 11) is -3.77. The summed E-state index contributed by atoms with van der Waals surface area (Å²) in [6, 6.07) is 14.5. The van der Waals surface area contributed by atoms with E-state index >= 15 is 0 Å². The van der Waals surface area contributed by atoms with Crippen LogP contribution >= 0.6 is 7.60 Å². The van der Waals surface area contributed by atoms with Gasteiger partial charge in [0.1, 0.15) is 5.75 Å². The summed E-state index contributed by atoms with van der Waals surface area (Å²) < 4.78 is 38.8. The lowest BCUT2D eigenvalue weighted by molar-refractivity contribution is 0.0613. The lowest BCUT2D eigenvalue weighted by Gasteiger charge is -2.22. The molecular formula is C38H59N2O7P. The lowest BCUT2D eigenvalue weighted by Crippen LogP contribution is -2.32. The van der Waals surface area contributed by atoms with Crippen LogP contribution in [-0.2, 0) is 25.1 Å². The first kappa shape index (κ1) is 39.7. The maximum atomic E-state index is 13.9. The molecule has 3 rings (SSSR count). The number of nitrogens with one attached hydrogen (secondary N) is 1. The van der Waals surface area contributed by atoms with E-state index in [2.05, 4.69) is 11.9 Å². The molecule has 0 aliphatic carbocycles. The number of aromatic nitrogens is 2. The third-order valence-electron chi connectivity index (χ3n) is 8.51. The van der Waals surface area contributed by atoms with Crippen LogP contribution in [0.3, 0.4) is 0 Å². The molecule has 0 fully saturated rings. The minimum atomic E-state index is -3.77. The lowest BCUT2D eigenvalue weighted by atomic mass is 10.0. The molecule has 0 saturated heterocycles. The van der Waals surface area contributed by atoms with Crippen molar-refractivity contribution in [3.63, 3.8) is 0 Å². The number of ether oxygens (including phenoxy) is 2. The van der Waals surface area contributed by atoms with Crippen molar-refractivity contribution in [3.8, 4) is 5.75 Å². The van der Waals surface area contributed by atoms with Crippen molar-refractivity contribution < 1.29 is 23.1 Å². The molecule has 0 spiro atoms. The Labute approximate surface area is 287 Å². The predicted octanol–water partition coefficient (Wildman–Crippen LogP) is 9.62. The smallest absolute Gasteiger partial charge is 0.404 e. The fourth-order valence-corrected chi connectivity index (χ4v) is 7.17. The van der Waals surface area contributed by atoms with E-state index in [1.165, 1.54) is 107 Å². The summed E-state index contributed by atoms with van der Waals surface area (Å²) in [6.07, 6.45) is 21.8. The van der Waals surface area contributed by atoms with Gasteiger partial charge < -0.3 is 14.0 Å². The van der Waals surface area contributed by atoms with Gasteiger partial charge in [0.25, 0.3) is 5.56 Å². The van der Waals surface area contributed by atoms with Gasteiger partial charge in [-0.2, -0.15) is 0 Å². The van der Waals surface area contributed by atoms with Gasteiger partial charge in [-0.25, -0.2) is 9.36 Å². The van der Waals surface area contributed by atoms with Gasteiger partial charge in [-0.05, 0) is 24.8 Å². The molecule has 0 aliphatic heterocycles. The number of benzene rings is 2. The topological polar surface area (TPSA) is 109 Å². The number of unbranched alkanes of at least 4 members (excludes halogenated alkanes) is 15. The molecule has 2 unspecified atom stereocenters. The molecule has 0 radical (unpaired) electrons. The van der Waals surface area contributed by atoms with Crippen LogP contribution in [-0.4, -0.2) is 41.8 Å². The first-order valence-corrected chi connectivity index (χ1v) is 20.0. The Bertz CT molecular complexity index is 1450. The van der Waals surface area contributed by atoms with E-state index in [1.807, 2.05) is 36.4 Å². The highest BCUT2D eigenvalue weighted by molar-refractivity contribution is 7.54. The predicted molar refractivity (Wildman–Crippen MR) is 195 cm³/mol. The van der Waals surface area contributed by atoms with Crippen molar-refractivity contribution in [2.75, 3.05) is 26.2 Å². The summed E-state index contributed by atoms with van der Waals surface area (Å²) in [5.41, 5.74) is -1.01. The van der Waals surface area contributed by atoms with E-state index in [4.69, 9.17) is 18.5 Å². The highest BCUT2D eigenvalue weighted by Crippen LogP contribution is 2.50. The van der Waals surface area contributed by atoms with Gasteiger partial charge in [0, 0.05) is 24.3 Å². The molecule has 0 saturated carbocycles. The van der Waals surface area contributed by atoms with Gasteiger partial charge in [0.05, 0.1) is 25.9 Å². The molecule has 2 aromatic carbocycles. The zero-order valence-electron chi connectivity index (χ0n) is 29.4. The second-order valence-corrected chi connectivity index (χ2v) is 14.7. The van der Waals surface area contributed by atoms with E-state index in [0.29, 0.717) is 19.0 Å². The summed E-state index contributed by atoms with van der Waals surface area (Å²) in [5.74, 6) is 0.443. The second-order valence-electron chi connectivity index (χ2n) is 12.8. The molecular weight excluding hydrogens is 627 g/mol. The van der Waals surface area contributed by atoms with E-state index < -0.39 is 24.9 Å². The molecule has 10 heteroatoms. The van der Waals surface area contributed by atoms with Gasteiger partial charge in [-0.1, -0.05) is 140 Å². The van der Waals surface area contributed by atoms with Gasteiger partial charge in [0.2, 0.25) is 0 Å². The van der Waals surface area contributed by atoms with E-state index in [-0.39, 0.29) is 19.5 Å². The van der Waals surface area contributed by atoms with Crippen molar-refractivity contribution in [3.05, 3.63) is 75.6 Å². The van der Waals surface area contributed by atoms with E-state index in [1.54, 1.807) is 13.0 Å². The quantitative estimate of drug-likeness (QED) is 0.0598. The van der Waals surface area contributed by atoms with Crippen molar-refractivity contribution in [1.82, 2.24) is 9.55 Å². The van der Waals surface area contributed by atoms with E-state index in [9.17, 15) is 14.2 Å². The number of hydrogen-bond donors (Lipinski definition) is 1. The van der Waals surface area contributed by atoms with Crippen molar-refractivity contribution in [2.45, 2.75) is 129 Å². The molecule has 268 valence electrons. The first-order chi connectivity index (χ1) is 23.4. The Morgan fingerprint density at radius 3 is 1.98 bits per heavy atom. The zero-order valence-corrected chi connectivity index (χ0v) is 30.3. The molecule has 2 atom stereocenters. The number of aromatic amines is 1. The molecule has 9 nitrogen and oxygen atoms in total. The summed E-state index contributed by atoms with van der Waals surface area (Å²) in [6.45, 7) is 5.21. The summed E-state index contributed by atoms with van der Waals surface area (Å²) >= 11 is 0. The minimum absolute atomic E-state index is 0.0953. The van der Waals surface area contributed by atoms with Gasteiger partial charge in [-0.3, -0.25) is 18.9 Å². The molecule has 1 N–H and O–H groups in total. The highest BCUT2D eigenvalue weighted by atomic mass is 31.2. The van der Waals surface area contributed by atoms with Crippen molar-refractivity contribution in [1.29, 1.82) is 0 Å². The third kappa shape index (κ3) is 16.1. The molecule has 0 aliphatic rings. The standard InChI is InChI=1S/C38H59N2O7P/c1-3-4-5-6-7-8-9-10-11-12-13-14-15-16-17-20-28-44-29-30-46-48(43,47-36-25-21-23-34-22-18-19-24-35(34)36)32-45-33(2)31-40-27-26-37(41)39-38(40)42/h18-19,21-27,33H,3-17,20,28-32H2,1-2H3,(H,39,41,42). The van der Waals surface area contributed by atoms with Crippen LogP contribution in [0.2, 0.25) is 0 Å². The summed E-state index contributed by atoms with van der Waals surface area (Å²) in [5, 5.41) is 1.77. The first-order valence-electron chi connectivity index (χ1n) is 18.3. The molecule has 0 amide bonds. The fourth-order valence-electron chi connectivity index (χ4n) is 5.74. The van der Waals surface area contributed by atoms with Crippen LogP contribution in [0.25, 0.3) is 10.8 Å². The Morgan fingerprint density at radius 1 is 0.729 bits per heavy atom. The molecule has 1 heterocycles. The Kier molecular flexibility index (Phi) is 19.5. The maximum absolute atomic E-state index is 13.9. The fraction of sp³-hybridized carbons (Fsp3) is 0.632. The second kappa shape index (κ2) is 23.6. The SMILES string of the molecule is CCCCCCCCCCCCCCCCCCOCCOP(=O)(COC(C)Cn1ccc(=O)[nH]c1=O)Oc1cccc2ccccc12. The maximum Gasteiger partial charge on any atom is 0.404 e. The van der Waals surface area contributed by atoms with Crippen LogP contribution in [0, 0.1) is 0 Å². The zero-order chi connectivity index (χ0) is 34.3. The molecule has 1 aromatic heterocycles. The molecule has 0 bridgehead atoms. The average molecular weight is 687 g/mol. The number of H-pyrrole nitrogens is 1. The van der Waals surface area contributed by atoms with Gasteiger partial charge in [-0.15, -0.1) is 0 Å². The molecule has 48 heavy (non-hydrogen) atoms. The van der Waals surface area contributed by atoms with Crippen LogP contribution in [0.5, 0.6) is 5.75 Å². The Balaban J connectivity index is 1.32. The number of rotatable bonds is 28. The molecule has 3 aromatic rings. The van der Waals surface area contributed by atoms with Crippen LogP contribution in [0.4, 0.5) is 0 Å². The Morgan fingerprint density at radius 2 is 1.33 bits per heavy atom. The average Bonchev–Trinajstić information content (AvgIpc) is 3.08. The number of hydrogen-bond acceptors (Lipinski definition) is 7. The van der Waals surface area contributed by atoms with Crippen molar-refractivity contribution in [2.24, 2.45) is 0 Å². The number of fused-ring (bicyclic) bond motifs is 1. The van der Waals surface area contributed by atoms with Gasteiger partial charge in [0.15, 0.2) is 6.35 Å². The third-order valence-corrected chi connectivity index (χ3v) is 10.0. The van der Waals surface area contributed by atoms with Crippen molar-refractivity contribution >= 4 is 18.4 Å². The number of nitrogens with zero attached hydrogens (tertiary/aromatic N) is 1. The van der Waals surface area contributed by atoms with Gasteiger partial charge >= 0.3 is 13.3 Å². The largest absolute Gasteiger partial charge is 0.422 e. The van der Waals surface area contributed by atoms with Crippen LogP contribution in [0.1, 0.15) is 117 Å². The Hall–Kier alpha value is -2.71. The van der Waals surface area contributed by atoms with Crippen LogP contribution < -0.4 is 15.8 Å². The van der Waals surface area contributed by atoms with E-state index in [0.717, 1.165) is 23.6 Å².